The number of amides is 2. The maximum Gasteiger partial charge on any atom is 0.261 e. The Morgan fingerprint density at radius 3 is 2.95 bits per heavy atom. The third-order valence-corrected chi connectivity index (χ3v) is 3.40. The smallest absolute Gasteiger partial charge is 0.261 e. The number of carbonyl (C=O) groups excluding carboxylic acids is 2. The van der Waals surface area contributed by atoms with Gasteiger partial charge in [0, 0.05) is 13.0 Å². The second-order valence-electron chi connectivity index (χ2n) is 4.05. The van der Waals surface area contributed by atoms with Crippen LogP contribution in [0.15, 0.2) is 23.8 Å². The number of carbonyl (C=O) groups is 2. The van der Waals surface area contributed by atoms with Crippen molar-refractivity contribution in [2.45, 2.75) is 12.8 Å². The molecular weight excluding hydrogens is 278 g/mol. The molecule has 7 nitrogen and oxygen atoms in total. The van der Waals surface area contributed by atoms with Gasteiger partial charge in [-0.05, 0) is 17.9 Å². The summed E-state index contributed by atoms with van der Waals surface area (Å²) in [4.78, 5) is 27.7. The minimum Gasteiger partial charge on any atom is -0.355 e. The van der Waals surface area contributed by atoms with Crippen molar-refractivity contribution in [1.82, 2.24) is 25.8 Å². The Morgan fingerprint density at radius 2 is 2.25 bits per heavy atom. The lowest BCUT2D eigenvalue weighted by molar-refractivity contribution is -0.120. The number of aromatic amines is 1. The normalized spacial score (nSPS) is 10.2. The van der Waals surface area contributed by atoms with E-state index in [-0.39, 0.29) is 18.4 Å². The van der Waals surface area contributed by atoms with Gasteiger partial charge in [0.15, 0.2) is 0 Å². The molecular formula is C12H15N5O2S. The Hall–Kier alpha value is -2.22. The molecule has 0 atom stereocenters. The molecule has 106 valence electrons. The molecule has 2 heterocycles. The van der Waals surface area contributed by atoms with Crippen LogP contribution < -0.4 is 10.6 Å². The predicted octanol–water partition coefficient (Wildman–Crippen LogP) is 0.345. The summed E-state index contributed by atoms with van der Waals surface area (Å²) in [6, 6.07) is 3.51. The number of hydrogen-bond acceptors (Lipinski definition) is 5. The summed E-state index contributed by atoms with van der Waals surface area (Å²) < 4.78 is 0. The maximum atomic E-state index is 11.6. The number of thiophene rings is 1. The Kier molecular flexibility index (Phi) is 5.24. The molecule has 3 N–H and O–H groups in total. The first-order chi connectivity index (χ1) is 9.75. The van der Waals surface area contributed by atoms with Crippen LogP contribution in [-0.2, 0) is 11.2 Å². The maximum absolute atomic E-state index is 11.6. The SMILES string of the molecule is O=C(CNC(=O)c1cccs1)NCCCc1ncn[nH]1. The van der Waals surface area contributed by atoms with E-state index < -0.39 is 0 Å². The zero-order valence-electron chi connectivity index (χ0n) is 10.8. The third kappa shape index (κ3) is 4.47. The van der Waals surface area contributed by atoms with Crippen LogP contribution in [0.2, 0.25) is 0 Å². The van der Waals surface area contributed by atoms with E-state index in [1.807, 2.05) is 5.38 Å². The zero-order chi connectivity index (χ0) is 14.2. The van der Waals surface area contributed by atoms with E-state index in [9.17, 15) is 9.59 Å². The Morgan fingerprint density at radius 1 is 1.35 bits per heavy atom. The molecule has 0 aromatic carbocycles. The first kappa shape index (κ1) is 14.2. The second-order valence-corrected chi connectivity index (χ2v) is 4.99. The highest BCUT2D eigenvalue weighted by Crippen LogP contribution is 2.07. The topological polar surface area (TPSA) is 99.8 Å². The van der Waals surface area contributed by atoms with Gasteiger partial charge >= 0.3 is 0 Å². The van der Waals surface area contributed by atoms with Gasteiger partial charge in [0.2, 0.25) is 5.91 Å². The monoisotopic (exact) mass is 293 g/mol. The molecule has 0 aliphatic heterocycles. The molecule has 0 saturated heterocycles. The van der Waals surface area contributed by atoms with Crippen LogP contribution in [-0.4, -0.2) is 40.1 Å². The lowest BCUT2D eigenvalue weighted by Crippen LogP contribution is -2.37. The number of nitrogens with one attached hydrogen (secondary N) is 3. The standard InChI is InChI=1S/C12H15N5O2S/c18-11(7-14-12(19)9-3-2-6-20-9)13-5-1-4-10-15-8-16-17-10/h2-3,6,8H,1,4-5,7H2,(H,13,18)(H,14,19)(H,15,16,17). The highest BCUT2D eigenvalue weighted by Gasteiger charge is 2.08. The molecule has 0 bridgehead atoms. The molecule has 0 radical (unpaired) electrons. The average Bonchev–Trinajstić information content (AvgIpc) is 3.13. The van der Waals surface area contributed by atoms with Crippen LogP contribution in [0.4, 0.5) is 0 Å². The quantitative estimate of drug-likeness (QED) is 0.641. The average molecular weight is 293 g/mol. The molecule has 2 aromatic heterocycles. The summed E-state index contributed by atoms with van der Waals surface area (Å²) in [6.45, 7) is 0.521. The van der Waals surface area contributed by atoms with Gasteiger partial charge in [-0.3, -0.25) is 14.7 Å². The number of hydrogen-bond donors (Lipinski definition) is 3. The summed E-state index contributed by atoms with van der Waals surface area (Å²) in [5.41, 5.74) is 0. The first-order valence-corrected chi connectivity index (χ1v) is 7.06. The summed E-state index contributed by atoms with van der Waals surface area (Å²) in [6.07, 6.45) is 2.94. The number of aromatic nitrogens is 3. The molecule has 0 aliphatic carbocycles. The molecule has 20 heavy (non-hydrogen) atoms. The van der Waals surface area contributed by atoms with Crippen molar-refractivity contribution in [3.8, 4) is 0 Å². The Balaban J connectivity index is 1.57. The van der Waals surface area contributed by atoms with E-state index in [4.69, 9.17) is 0 Å². The van der Waals surface area contributed by atoms with Crippen molar-refractivity contribution in [1.29, 1.82) is 0 Å². The number of nitrogens with zero attached hydrogens (tertiary/aromatic N) is 2. The summed E-state index contributed by atoms with van der Waals surface area (Å²) in [7, 11) is 0. The van der Waals surface area contributed by atoms with Crippen molar-refractivity contribution < 1.29 is 9.59 Å². The van der Waals surface area contributed by atoms with Gasteiger partial charge in [-0.2, -0.15) is 5.10 Å². The summed E-state index contributed by atoms with van der Waals surface area (Å²) in [5.74, 6) is 0.370. The van der Waals surface area contributed by atoms with Crippen LogP contribution >= 0.6 is 11.3 Å². The fourth-order valence-corrected chi connectivity index (χ4v) is 2.19. The molecule has 0 fully saturated rings. The van der Waals surface area contributed by atoms with Gasteiger partial charge in [-0.15, -0.1) is 11.3 Å². The molecule has 0 unspecified atom stereocenters. The van der Waals surface area contributed by atoms with Crippen molar-refractivity contribution in [3.05, 3.63) is 34.5 Å². The van der Waals surface area contributed by atoms with E-state index in [2.05, 4.69) is 25.8 Å². The van der Waals surface area contributed by atoms with Crippen molar-refractivity contribution in [2.75, 3.05) is 13.1 Å². The second kappa shape index (κ2) is 7.39. The zero-order valence-corrected chi connectivity index (χ0v) is 11.6. The van der Waals surface area contributed by atoms with Crippen LogP contribution in [0.3, 0.4) is 0 Å². The van der Waals surface area contributed by atoms with E-state index in [1.54, 1.807) is 12.1 Å². The van der Waals surface area contributed by atoms with Gasteiger partial charge in [0.25, 0.3) is 5.91 Å². The minimum atomic E-state index is -0.225. The van der Waals surface area contributed by atoms with E-state index in [0.717, 1.165) is 18.7 Å². The number of H-pyrrole nitrogens is 1. The Labute approximate surface area is 119 Å². The van der Waals surface area contributed by atoms with Crippen LogP contribution in [0, 0.1) is 0 Å². The van der Waals surface area contributed by atoms with Gasteiger partial charge in [-0.1, -0.05) is 6.07 Å². The van der Waals surface area contributed by atoms with Crippen LogP contribution in [0.25, 0.3) is 0 Å². The Bertz CT molecular complexity index is 538. The van der Waals surface area contributed by atoms with E-state index >= 15 is 0 Å². The molecule has 0 aliphatic rings. The lowest BCUT2D eigenvalue weighted by atomic mass is 10.3. The predicted molar refractivity (Wildman–Crippen MR) is 74.4 cm³/mol. The summed E-state index contributed by atoms with van der Waals surface area (Å²) in [5, 5.41) is 13.6. The van der Waals surface area contributed by atoms with E-state index in [0.29, 0.717) is 11.4 Å². The van der Waals surface area contributed by atoms with Crippen LogP contribution in [0.1, 0.15) is 21.9 Å². The van der Waals surface area contributed by atoms with Gasteiger partial charge in [0.05, 0.1) is 11.4 Å². The van der Waals surface area contributed by atoms with Gasteiger partial charge < -0.3 is 10.6 Å². The summed E-state index contributed by atoms with van der Waals surface area (Å²) >= 11 is 1.34. The molecule has 2 rings (SSSR count). The van der Waals surface area contributed by atoms with Gasteiger partial charge in [0.1, 0.15) is 12.2 Å². The van der Waals surface area contributed by atoms with E-state index in [1.165, 1.54) is 17.7 Å². The highest BCUT2D eigenvalue weighted by atomic mass is 32.1. The molecule has 0 saturated carbocycles. The highest BCUT2D eigenvalue weighted by molar-refractivity contribution is 7.12. The molecule has 8 heteroatoms. The molecule has 2 amide bonds. The minimum absolute atomic E-state index is 0.0148. The fourth-order valence-electron chi connectivity index (χ4n) is 1.55. The lowest BCUT2D eigenvalue weighted by Gasteiger charge is -2.05. The fraction of sp³-hybridized carbons (Fsp3) is 0.333. The van der Waals surface area contributed by atoms with Gasteiger partial charge in [-0.25, -0.2) is 4.98 Å². The molecule has 2 aromatic rings. The number of aryl methyl sites for hydroxylation is 1. The van der Waals surface area contributed by atoms with Crippen molar-refractivity contribution in [2.24, 2.45) is 0 Å². The number of rotatable bonds is 7. The van der Waals surface area contributed by atoms with Crippen LogP contribution in [0.5, 0.6) is 0 Å². The van der Waals surface area contributed by atoms with Crippen molar-refractivity contribution in [3.63, 3.8) is 0 Å². The molecule has 0 spiro atoms. The third-order valence-electron chi connectivity index (χ3n) is 2.53. The largest absolute Gasteiger partial charge is 0.355 e. The van der Waals surface area contributed by atoms with Crippen molar-refractivity contribution >= 4 is 23.2 Å². The first-order valence-electron chi connectivity index (χ1n) is 6.18.